The number of carbonyl (C=O) groups is 2. The maximum Gasteiger partial charge on any atom is 0.254 e. The van der Waals surface area contributed by atoms with Gasteiger partial charge in [0, 0.05) is 23.9 Å². The van der Waals surface area contributed by atoms with Crippen LogP contribution in [0.15, 0.2) is 18.2 Å². The molecule has 5 heteroatoms. The van der Waals surface area contributed by atoms with Crippen LogP contribution in [0.2, 0.25) is 5.02 Å². The molecule has 1 N–H and O–H groups in total. The Balaban J connectivity index is 2.01. The minimum atomic E-state index is -0.633. The molecule has 0 unspecified atom stereocenters. The van der Waals surface area contributed by atoms with Gasteiger partial charge >= 0.3 is 0 Å². The largest absolute Gasteiger partial charge is 0.349 e. The summed E-state index contributed by atoms with van der Waals surface area (Å²) in [6, 6.07) is 3.90. The summed E-state index contributed by atoms with van der Waals surface area (Å²) in [5.74, 6) is -0.867. The van der Waals surface area contributed by atoms with Crippen molar-refractivity contribution in [2.45, 2.75) is 31.7 Å². The molecular formula is C13H13ClFNO2. The maximum absolute atomic E-state index is 13.5. The number of amides is 1. The fourth-order valence-corrected chi connectivity index (χ4v) is 2.18. The average molecular weight is 270 g/mol. The number of ketones is 1. The van der Waals surface area contributed by atoms with Gasteiger partial charge in [0.1, 0.15) is 11.6 Å². The fourth-order valence-electron chi connectivity index (χ4n) is 2.02. The van der Waals surface area contributed by atoms with Crippen molar-refractivity contribution in [3.8, 4) is 0 Å². The minimum absolute atomic E-state index is 0.0173. The van der Waals surface area contributed by atoms with E-state index in [9.17, 15) is 14.0 Å². The highest BCUT2D eigenvalue weighted by molar-refractivity contribution is 6.30. The standard InChI is InChI=1S/C13H13ClFNO2/c14-8-1-6-11(12(15)7-8)13(18)16-9-2-4-10(17)5-3-9/h1,6-7,9H,2-5H2,(H,16,18). The van der Waals surface area contributed by atoms with Crippen LogP contribution in [0.5, 0.6) is 0 Å². The topological polar surface area (TPSA) is 46.2 Å². The van der Waals surface area contributed by atoms with Gasteiger partial charge in [-0.1, -0.05) is 11.6 Å². The summed E-state index contributed by atoms with van der Waals surface area (Å²) in [5.41, 5.74) is -0.0173. The Morgan fingerprint density at radius 1 is 1.33 bits per heavy atom. The van der Waals surface area contributed by atoms with E-state index in [0.717, 1.165) is 6.07 Å². The van der Waals surface area contributed by atoms with Gasteiger partial charge in [-0.25, -0.2) is 4.39 Å². The fraction of sp³-hybridized carbons (Fsp3) is 0.385. The lowest BCUT2D eigenvalue weighted by Crippen LogP contribution is -2.38. The van der Waals surface area contributed by atoms with Gasteiger partial charge in [-0.15, -0.1) is 0 Å². The van der Waals surface area contributed by atoms with E-state index in [0.29, 0.717) is 25.7 Å². The highest BCUT2D eigenvalue weighted by atomic mass is 35.5. The second-order valence-electron chi connectivity index (χ2n) is 4.41. The molecule has 18 heavy (non-hydrogen) atoms. The van der Waals surface area contributed by atoms with E-state index in [-0.39, 0.29) is 22.4 Å². The number of carbonyl (C=O) groups excluding carboxylic acids is 2. The van der Waals surface area contributed by atoms with Gasteiger partial charge in [0.15, 0.2) is 0 Å². The van der Waals surface area contributed by atoms with Crippen LogP contribution in [0, 0.1) is 5.82 Å². The second kappa shape index (κ2) is 5.48. The minimum Gasteiger partial charge on any atom is -0.349 e. The molecule has 0 bridgehead atoms. The second-order valence-corrected chi connectivity index (χ2v) is 4.85. The predicted octanol–water partition coefficient (Wildman–Crippen LogP) is 2.72. The first-order valence-electron chi connectivity index (χ1n) is 5.84. The molecule has 1 aliphatic carbocycles. The van der Waals surface area contributed by atoms with Crippen LogP contribution in [0.3, 0.4) is 0 Å². The van der Waals surface area contributed by atoms with Gasteiger partial charge in [0.2, 0.25) is 0 Å². The molecule has 2 rings (SSSR count). The van der Waals surface area contributed by atoms with Gasteiger partial charge in [0.05, 0.1) is 5.56 Å². The van der Waals surface area contributed by atoms with E-state index in [4.69, 9.17) is 11.6 Å². The molecular weight excluding hydrogens is 257 g/mol. The lowest BCUT2D eigenvalue weighted by Gasteiger charge is -2.22. The summed E-state index contributed by atoms with van der Waals surface area (Å²) in [5, 5.41) is 3.00. The molecule has 0 spiro atoms. The van der Waals surface area contributed by atoms with Crippen molar-refractivity contribution in [1.29, 1.82) is 0 Å². The lowest BCUT2D eigenvalue weighted by molar-refractivity contribution is -0.120. The average Bonchev–Trinajstić information content (AvgIpc) is 2.32. The Morgan fingerprint density at radius 3 is 2.61 bits per heavy atom. The van der Waals surface area contributed by atoms with Gasteiger partial charge in [-0.2, -0.15) is 0 Å². The molecule has 96 valence electrons. The summed E-state index contributed by atoms with van der Waals surface area (Å²) >= 11 is 5.62. The number of hydrogen-bond acceptors (Lipinski definition) is 2. The Morgan fingerprint density at radius 2 is 2.00 bits per heavy atom. The van der Waals surface area contributed by atoms with Gasteiger partial charge in [-0.05, 0) is 31.0 Å². The van der Waals surface area contributed by atoms with Crippen molar-refractivity contribution in [3.05, 3.63) is 34.6 Å². The molecule has 0 saturated heterocycles. The van der Waals surface area contributed by atoms with E-state index in [1.807, 2.05) is 0 Å². The number of nitrogens with one attached hydrogen (secondary N) is 1. The third-order valence-electron chi connectivity index (χ3n) is 3.05. The number of rotatable bonds is 2. The first-order chi connectivity index (χ1) is 8.56. The van der Waals surface area contributed by atoms with Gasteiger partial charge in [-0.3, -0.25) is 9.59 Å². The SMILES string of the molecule is O=C1CCC(NC(=O)c2ccc(Cl)cc2F)CC1. The smallest absolute Gasteiger partial charge is 0.254 e. The zero-order valence-corrected chi connectivity index (χ0v) is 10.5. The Labute approximate surface area is 109 Å². The van der Waals surface area contributed by atoms with E-state index in [2.05, 4.69) is 5.32 Å². The molecule has 0 heterocycles. The van der Waals surface area contributed by atoms with Gasteiger partial charge in [0.25, 0.3) is 5.91 Å². The number of Topliss-reactive ketones (excluding diaryl/α,β-unsaturated/α-hetero) is 1. The summed E-state index contributed by atoms with van der Waals surface area (Å²) in [6.45, 7) is 0. The van der Waals surface area contributed by atoms with Crippen molar-refractivity contribution in [2.24, 2.45) is 0 Å². The molecule has 1 fully saturated rings. The van der Waals surface area contributed by atoms with E-state index >= 15 is 0 Å². The van der Waals surface area contributed by atoms with Crippen molar-refractivity contribution in [2.75, 3.05) is 0 Å². The number of benzene rings is 1. The first-order valence-corrected chi connectivity index (χ1v) is 6.21. The van der Waals surface area contributed by atoms with Crippen LogP contribution in [0.4, 0.5) is 4.39 Å². The molecule has 0 radical (unpaired) electrons. The zero-order valence-electron chi connectivity index (χ0n) is 9.71. The van der Waals surface area contributed by atoms with Crippen molar-refractivity contribution in [3.63, 3.8) is 0 Å². The monoisotopic (exact) mass is 269 g/mol. The van der Waals surface area contributed by atoms with Crippen molar-refractivity contribution < 1.29 is 14.0 Å². The summed E-state index contributed by atoms with van der Waals surface area (Å²) < 4.78 is 13.5. The predicted molar refractivity (Wildman–Crippen MR) is 66.1 cm³/mol. The summed E-state index contributed by atoms with van der Waals surface area (Å²) in [7, 11) is 0. The van der Waals surface area contributed by atoms with Crippen LogP contribution >= 0.6 is 11.6 Å². The van der Waals surface area contributed by atoms with Crippen LogP contribution < -0.4 is 5.32 Å². The zero-order chi connectivity index (χ0) is 13.1. The van der Waals surface area contributed by atoms with Crippen molar-refractivity contribution >= 4 is 23.3 Å². The summed E-state index contributed by atoms with van der Waals surface area (Å²) in [4.78, 5) is 22.9. The lowest BCUT2D eigenvalue weighted by atomic mass is 9.94. The normalized spacial score (nSPS) is 16.7. The maximum atomic E-state index is 13.5. The Hall–Kier alpha value is -1.42. The highest BCUT2D eigenvalue weighted by Gasteiger charge is 2.21. The highest BCUT2D eigenvalue weighted by Crippen LogP contribution is 2.17. The molecule has 1 aliphatic rings. The number of hydrogen-bond donors (Lipinski definition) is 1. The molecule has 3 nitrogen and oxygen atoms in total. The molecule has 1 amide bonds. The van der Waals surface area contributed by atoms with Crippen LogP contribution in [-0.4, -0.2) is 17.7 Å². The van der Waals surface area contributed by atoms with E-state index in [1.54, 1.807) is 0 Å². The quantitative estimate of drug-likeness (QED) is 0.897. The Kier molecular flexibility index (Phi) is 3.97. The third-order valence-corrected chi connectivity index (χ3v) is 3.29. The molecule has 1 saturated carbocycles. The number of halogens is 2. The molecule has 1 aromatic rings. The van der Waals surface area contributed by atoms with Crippen LogP contribution in [0.25, 0.3) is 0 Å². The van der Waals surface area contributed by atoms with Crippen molar-refractivity contribution in [1.82, 2.24) is 5.32 Å². The van der Waals surface area contributed by atoms with E-state index in [1.165, 1.54) is 12.1 Å². The molecule has 1 aromatic carbocycles. The third kappa shape index (κ3) is 3.07. The van der Waals surface area contributed by atoms with E-state index < -0.39 is 11.7 Å². The first kappa shape index (κ1) is 13.0. The van der Waals surface area contributed by atoms with Crippen LogP contribution in [-0.2, 0) is 4.79 Å². The molecule has 0 aromatic heterocycles. The molecule has 0 aliphatic heterocycles. The van der Waals surface area contributed by atoms with Crippen LogP contribution in [0.1, 0.15) is 36.0 Å². The van der Waals surface area contributed by atoms with Gasteiger partial charge < -0.3 is 5.32 Å². The molecule has 0 atom stereocenters. The summed E-state index contributed by atoms with van der Waals surface area (Å²) in [6.07, 6.45) is 2.21. The Bertz CT molecular complexity index is 480.